The molecule has 22 heteroatoms. The van der Waals surface area contributed by atoms with Gasteiger partial charge in [0.1, 0.15) is 35.8 Å². The fourth-order valence-electron chi connectivity index (χ4n) is 7.51. The lowest BCUT2D eigenvalue weighted by molar-refractivity contribution is -0.117. The fourth-order valence-corrected chi connectivity index (χ4v) is 7.51. The number of rotatable bonds is 20. The number of amides is 6. The third-order valence-corrected chi connectivity index (χ3v) is 11.7. The molecule has 0 saturated heterocycles. The molecule has 8 rings (SSSR count). The molecule has 0 atom stereocenters. The van der Waals surface area contributed by atoms with Gasteiger partial charge in [-0.1, -0.05) is 45.0 Å². The highest BCUT2D eigenvalue weighted by Gasteiger charge is 2.19. The first-order valence-corrected chi connectivity index (χ1v) is 24.9. The van der Waals surface area contributed by atoms with Gasteiger partial charge in [-0.25, -0.2) is 47.1 Å². The number of methoxy groups -OCH3 is 2. The van der Waals surface area contributed by atoms with Gasteiger partial charge in [0.15, 0.2) is 23.1 Å². The average Bonchev–Trinajstić information content (AvgIpc) is 3.48. The second-order valence-electron chi connectivity index (χ2n) is 17.9. The molecule has 0 bridgehead atoms. The number of hydrogen-bond donors (Lipinski definition) is 6. The van der Waals surface area contributed by atoms with Crippen LogP contribution in [0.25, 0.3) is 21.8 Å². The quantitative estimate of drug-likeness (QED) is 0.0392. The van der Waals surface area contributed by atoms with Crippen molar-refractivity contribution in [1.82, 2.24) is 30.6 Å². The van der Waals surface area contributed by atoms with Crippen LogP contribution in [-0.2, 0) is 22.4 Å². The molecule has 6 amide bonds. The van der Waals surface area contributed by atoms with Gasteiger partial charge in [0.25, 0.3) is 0 Å². The summed E-state index contributed by atoms with van der Waals surface area (Å²) in [5.74, 6) is -1.38. The molecule has 410 valence electrons. The van der Waals surface area contributed by atoms with Crippen molar-refractivity contribution < 1.29 is 55.7 Å². The Morgan fingerprint density at radius 2 is 0.949 bits per heavy atom. The number of hydrogen-bond acceptors (Lipinski definition) is 12. The highest BCUT2D eigenvalue weighted by molar-refractivity contribution is 5.98. The first kappa shape index (κ1) is 57.1. The minimum Gasteiger partial charge on any atom is -0.494 e. The number of benzene rings is 6. The molecule has 0 fully saturated rings. The van der Waals surface area contributed by atoms with Gasteiger partial charge in [-0.05, 0) is 97.0 Å². The van der Waals surface area contributed by atoms with Gasteiger partial charge in [0.2, 0.25) is 23.6 Å². The van der Waals surface area contributed by atoms with Crippen LogP contribution in [0.5, 0.6) is 34.8 Å². The van der Waals surface area contributed by atoms with Crippen LogP contribution in [0.3, 0.4) is 0 Å². The number of ether oxygens (including phenoxy) is 4. The van der Waals surface area contributed by atoms with Crippen molar-refractivity contribution in [3.05, 3.63) is 156 Å². The van der Waals surface area contributed by atoms with Crippen molar-refractivity contribution >= 4 is 68.4 Å². The summed E-state index contributed by atoms with van der Waals surface area (Å²) >= 11 is 0. The van der Waals surface area contributed by atoms with E-state index in [0.717, 1.165) is 29.7 Å². The zero-order chi connectivity index (χ0) is 56.4. The summed E-state index contributed by atoms with van der Waals surface area (Å²) in [6, 6.07) is 25.4. The highest BCUT2D eigenvalue weighted by atomic mass is 19.1. The number of urea groups is 2. The predicted octanol–water partition coefficient (Wildman–Crippen LogP) is 11.9. The lowest BCUT2D eigenvalue weighted by Gasteiger charge is -2.14. The second-order valence-corrected chi connectivity index (χ2v) is 17.9. The average molecular weight is 1090 g/mol. The van der Waals surface area contributed by atoms with E-state index in [1.54, 1.807) is 55.5 Å². The molecule has 8 aromatic rings. The van der Waals surface area contributed by atoms with E-state index in [0.29, 0.717) is 82.9 Å². The number of carbonyl (C=O) groups is 4. The summed E-state index contributed by atoms with van der Waals surface area (Å²) in [5.41, 5.74) is 3.94. The summed E-state index contributed by atoms with van der Waals surface area (Å²) < 4.78 is 78.1. The molecule has 0 unspecified atom stereocenters. The van der Waals surface area contributed by atoms with E-state index in [4.69, 9.17) is 18.9 Å². The molecule has 18 nitrogen and oxygen atoms in total. The molecule has 0 saturated carbocycles. The molecule has 0 aliphatic carbocycles. The lowest BCUT2D eigenvalue weighted by atomic mass is 10.1. The molecular weight excluding hydrogens is 1030 g/mol. The maximum atomic E-state index is 15.0. The molecule has 0 radical (unpaired) electrons. The maximum Gasteiger partial charge on any atom is 0.319 e. The van der Waals surface area contributed by atoms with Crippen LogP contribution in [0.2, 0.25) is 0 Å². The summed E-state index contributed by atoms with van der Waals surface area (Å²) in [5, 5.41) is 16.9. The Morgan fingerprint density at radius 1 is 0.519 bits per heavy atom. The van der Waals surface area contributed by atoms with Crippen molar-refractivity contribution in [2.75, 3.05) is 48.6 Å². The van der Waals surface area contributed by atoms with Gasteiger partial charge in [-0.15, -0.1) is 0 Å². The number of halogens is 4. The summed E-state index contributed by atoms with van der Waals surface area (Å²) in [6.45, 7) is 6.43. The van der Waals surface area contributed by atoms with Crippen molar-refractivity contribution in [3.8, 4) is 34.8 Å². The van der Waals surface area contributed by atoms with E-state index in [2.05, 4.69) is 51.8 Å². The van der Waals surface area contributed by atoms with Crippen LogP contribution in [0.15, 0.2) is 122 Å². The summed E-state index contributed by atoms with van der Waals surface area (Å²) in [4.78, 5) is 65.5. The molecule has 6 N–H and O–H groups in total. The highest BCUT2D eigenvalue weighted by Crippen LogP contribution is 2.37. The van der Waals surface area contributed by atoms with E-state index >= 15 is 0 Å². The smallest absolute Gasteiger partial charge is 0.319 e. The molecule has 79 heavy (non-hydrogen) atoms. The van der Waals surface area contributed by atoms with Crippen LogP contribution < -0.4 is 50.8 Å². The largest absolute Gasteiger partial charge is 0.494 e. The van der Waals surface area contributed by atoms with Crippen molar-refractivity contribution in [1.29, 1.82) is 0 Å². The van der Waals surface area contributed by atoms with Gasteiger partial charge >= 0.3 is 12.1 Å². The van der Waals surface area contributed by atoms with Crippen molar-refractivity contribution in [2.45, 2.75) is 52.9 Å². The Kier molecular flexibility index (Phi) is 19.8. The second kappa shape index (κ2) is 27.4. The topological polar surface area (TPSA) is 229 Å². The first-order chi connectivity index (χ1) is 38.1. The minimum atomic E-state index is -0.728. The van der Waals surface area contributed by atoms with Gasteiger partial charge in [-0.2, -0.15) is 0 Å². The zero-order valence-corrected chi connectivity index (χ0v) is 43.6. The van der Waals surface area contributed by atoms with E-state index in [-0.39, 0.29) is 64.5 Å². The normalized spacial score (nSPS) is 10.8. The Balaban J connectivity index is 0.000000229. The fraction of sp³-hybridized carbons (Fsp3) is 0.228. The van der Waals surface area contributed by atoms with Crippen molar-refractivity contribution in [3.63, 3.8) is 0 Å². The number of carbonyl (C=O) groups excluding carboxylic acids is 4. The maximum absolute atomic E-state index is 15.0. The van der Waals surface area contributed by atoms with E-state index < -0.39 is 23.7 Å². The molecule has 2 heterocycles. The SMILES string of the molecule is CCC(=O)Nc1cc2c(Oc3ccc(NC(=O)NCCc4ccc(F)cc4)cc3F)ncnc2cc1OC.COc1cc2ncnc(Oc3ccc(NC(=O)NCCc4ccc(F)cc4)cc3F)c2cc1NC(=O)CCC(C)C. The number of anilines is 4. The van der Waals surface area contributed by atoms with E-state index in [1.165, 1.54) is 75.4 Å². The molecule has 0 spiro atoms. The molecule has 2 aromatic heterocycles. The Morgan fingerprint density at radius 3 is 1.34 bits per heavy atom. The third-order valence-electron chi connectivity index (χ3n) is 11.7. The monoisotopic (exact) mass is 1080 g/mol. The van der Waals surface area contributed by atoms with Crippen LogP contribution in [0, 0.1) is 29.2 Å². The zero-order valence-electron chi connectivity index (χ0n) is 43.6. The van der Waals surface area contributed by atoms with Crippen molar-refractivity contribution in [2.24, 2.45) is 5.92 Å². The Bertz CT molecular complexity index is 3450. The number of fused-ring (bicyclic) bond motifs is 2. The molecule has 0 aliphatic heterocycles. The van der Waals surface area contributed by atoms with Crippen LogP contribution in [0.4, 0.5) is 49.9 Å². The lowest BCUT2D eigenvalue weighted by Crippen LogP contribution is -2.30. The Labute approximate surface area is 451 Å². The summed E-state index contributed by atoms with van der Waals surface area (Å²) in [7, 11) is 2.96. The number of nitrogens with zero attached hydrogens (tertiary/aromatic N) is 4. The molecule has 0 aliphatic rings. The van der Waals surface area contributed by atoms with Crippen LogP contribution in [-0.4, -0.2) is 71.1 Å². The molecular formula is C57H56F4N10O8. The standard InChI is InChI=1S/C30H31F2N5O4.C27H25F2N5O4/c1-18(2)4-11-28(38)37-25-15-22-24(16-27(25)40-3)34-17-35-29(22)41-26-10-9-21(14-23(26)32)36-30(39)33-13-12-19-5-7-20(31)8-6-19;1-3-25(35)34-22-13-19-21(14-24(22)37-2)31-15-32-26(19)38-23-9-8-18(12-20(23)29)33-27(36)30-11-10-16-4-6-17(28)7-5-16/h5-10,14-18H,4,11-13H2,1-3H3,(H,37,38)(H2,33,36,39);4-9,12-15H,3,10-11H2,1-2H3,(H,34,35)(H2,30,33,36). The Hall–Kier alpha value is -9.60. The van der Waals surface area contributed by atoms with E-state index in [9.17, 15) is 36.7 Å². The van der Waals surface area contributed by atoms with Gasteiger partial charge in [0.05, 0.1) is 47.4 Å². The number of nitrogens with one attached hydrogen (secondary N) is 6. The van der Waals surface area contributed by atoms with Gasteiger partial charge in [-0.3, -0.25) is 9.59 Å². The van der Waals surface area contributed by atoms with Gasteiger partial charge < -0.3 is 50.8 Å². The predicted molar refractivity (Wildman–Crippen MR) is 291 cm³/mol. The third kappa shape index (κ3) is 16.4. The summed E-state index contributed by atoms with van der Waals surface area (Å²) in [6.07, 6.45) is 4.93. The van der Waals surface area contributed by atoms with Crippen LogP contribution >= 0.6 is 0 Å². The van der Waals surface area contributed by atoms with Gasteiger partial charge in [0, 0.05) is 61.6 Å². The minimum absolute atomic E-state index is 0.0720. The first-order valence-electron chi connectivity index (χ1n) is 24.9. The van der Waals surface area contributed by atoms with E-state index in [1.807, 2.05) is 13.8 Å². The van der Waals surface area contributed by atoms with Crippen LogP contribution in [0.1, 0.15) is 51.2 Å². The number of aromatic nitrogens is 4. The molecule has 6 aromatic carbocycles.